The molecule has 1 aromatic carbocycles. The maximum Gasteiger partial charge on any atom is 0.175 e. The quantitative estimate of drug-likeness (QED) is 0.576. The maximum atomic E-state index is 5.93. The number of nitrogens with zero attached hydrogens (tertiary/aromatic N) is 6. The highest BCUT2D eigenvalue weighted by atomic mass is 35.5. The Balaban J connectivity index is 0.00000150. The molecule has 29 heavy (non-hydrogen) atoms. The summed E-state index contributed by atoms with van der Waals surface area (Å²) in [7, 11) is 1.64. The van der Waals surface area contributed by atoms with Gasteiger partial charge in [-0.15, -0.1) is 29.9 Å². The Labute approximate surface area is 181 Å². The van der Waals surface area contributed by atoms with Gasteiger partial charge in [-0.25, -0.2) is 9.97 Å². The summed E-state index contributed by atoms with van der Waals surface area (Å²) in [5.41, 5.74) is 7.84. The number of halogens is 2. The zero-order chi connectivity index (χ0) is 18.6. The molecular formula is C18H24Cl2N8O. The standard InChI is InChI=1S/C18H22N8O.2ClH/c1-27-11-17-21-15(12-7-13(19)8-12)9-16(22-17)20-10-18-23-24-25-26(18)14-5-3-2-4-6-14;;/h2-6,9,12-13H,7-8,10-11,19H2,1H3,(H,20,21,22);2*1H. The molecule has 1 saturated carbocycles. The van der Waals surface area contributed by atoms with Gasteiger partial charge in [-0.1, -0.05) is 18.2 Å². The number of benzene rings is 1. The fourth-order valence-corrected chi connectivity index (χ4v) is 3.17. The first-order valence-electron chi connectivity index (χ1n) is 8.92. The number of anilines is 1. The number of nitrogens with two attached hydrogens (primary N) is 1. The van der Waals surface area contributed by atoms with Crippen molar-refractivity contribution in [1.29, 1.82) is 0 Å². The topological polar surface area (TPSA) is 117 Å². The summed E-state index contributed by atoms with van der Waals surface area (Å²) in [5.74, 6) is 2.46. The van der Waals surface area contributed by atoms with E-state index in [2.05, 4.69) is 30.8 Å². The van der Waals surface area contributed by atoms with E-state index in [-0.39, 0.29) is 30.9 Å². The van der Waals surface area contributed by atoms with E-state index in [1.54, 1.807) is 11.8 Å². The van der Waals surface area contributed by atoms with Crippen LogP contribution in [0, 0.1) is 0 Å². The van der Waals surface area contributed by atoms with Gasteiger partial charge in [0, 0.05) is 30.8 Å². The molecular weight excluding hydrogens is 415 g/mol. The van der Waals surface area contributed by atoms with Gasteiger partial charge in [-0.2, -0.15) is 4.68 Å². The predicted octanol–water partition coefficient (Wildman–Crippen LogP) is 2.26. The fourth-order valence-electron chi connectivity index (χ4n) is 3.17. The van der Waals surface area contributed by atoms with Gasteiger partial charge >= 0.3 is 0 Å². The Kier molecular flexibility index (Phi) is 8.27. The third-order valence-corrected chi connectivity index (χ3v) is 4.62. The average Bonchev–Trinajstić information content (AvgIpc) is 3.13. The minimum atomic E-state index is 0. The second-order valence-corrected chi connectivity index (χ2v) is 6.65. The van der Waals surface area contributed by atoms with Gasteiger partial charge in [0.25, 0.3) is 0 Å². The van der Waals surface area contributed by atoms with Gasteiger partial charge in [-0.3, -0.25) is 0 Å². The molecule has 0 amide bonds. The van der Waals surface area contributed by atoms with Crippen LogP contribution in [-0.4, -0.2) is 43.3 Å². The molecule has 1 fully saturated rings. The van der Waals surface area contributed by atoms with E-state index in [1.165, 1.54) is 0 Å². The normalized spacial score (nSPS) is 17.6. The van der Waals surface area contributed by atoms with Gasteiger partial charge in [0.2, 0.25) is 0 Å². The van der Waals surface area contributed by atoms with Crippen molar-refractivity contribution in [2.75, 3.05) is 12.4 Å². The minimum Gasteiger partial charge on any atom is -0.377 e. The Morgan fingerprint density at radius 1 is 1.17 bits per heavy atom. The van der Waals surface area contributed by atoms with Gasteiger partial charge in [0.1, 0.15) is 12.4 Å². The molecule has 0 spiro atoms. The summed E-state index contributed by atoms with van der Waals surface area (Å²) in [6.07, 6.45) is 1.91. The Bertz CT molecular complexity index is 902. The molecule has 2 aromatic heterocycles. The average molecular weight is 439 g/mol. The van der Waals surface area contributed by atoms with Crippen LogP contribution in [-0.2, 0) is 17.9 Å². The number of ether oxygens (including phenoxy) is 1. The molecule has 11 heteroatoms. The Morgan fingerprint density at radius 2 is 1.93 bits per heavy atom. The molecule has 0 unspecified atom stereocenters. The first-order valence-corrected chi connectivity index (χ1v) is 8.92. The number of hydrogen-bond acceptors (Lipinski definition) is 8. The summed E-state index contributed by atoms with van der Waals surface area (Å²) < 4.78 is 6.91. The van der Waals surface area contributed by atoms with Gasteiger partial charge in [0.15, 0.2) is 11.6 Å². The molecule has 0 radical (unpaired) electrons. The SMILES string of the molecule is COCc1nc(NCc2nnnn2-c2ccccc2)cc(C2CC(N)C2)n1.Cl.Cl. The molecule has 0 bridgehead atoms. The van der Waals surface area contributed by atoms with Crippen LogP contribution in [0.2, 0.25) is 0 Å². The summed E-state index contributed by atoms with van der Waals surface area (Å²) in [4.78, 5) is 9.14. The number of hydrogen-bond donors (Lipinski definition) is 2. The number of nitrogens with one attached hydrogen (secondary N) is 1. The molecule has 0 atom stereocenters. The molecule has 9 nitrogen and oxygen atoms in total. The lowest BCUT2D eigenvalue weighted by Gasteiger charge is -2.32. The van der Waals surface area contributed by atoms with Crippen LogP contribution in [0.1, 0.15) is 36.1 Å². The van der Waals surface area contributed by atoms with Crippen molar-refractivity contribution < 1.29 is 4.74 Å². The van der Waals surface area contributed by atoms with Crippen molar-refractivity contribution >= 4 is 30.6 Å². The molecule has 0 aliphatic heterocycles. The molecule has 3 N–H and O–H groups in total. The predicted molar refractivity (Wildman–Crippen MR) is 114 cm³/mol. The molecule has 1 aliphatic rings. The molecule has 1 aliphatic carbocycles. The number of methoxy groups -OCH3 is 1. The van der Waals surface area contributed by atoms with Gasteiger partial charge in [0.05, 0.1) is 12.2 Å². The van der Waals surface area contributed by atoms with Crippen LogP contribution < -0.4 is 11.1 Å². The van der Waals surface area contributed by atoms with Crippen LogP contribution in [0.3, 0.4) is 0 Å². The van der Waals surface area contributed by atoms with Crippen molar-refractivity contribution in [2.24, 2.45) is 5.73 Å². The monoisotopic (exact) mass is 438 g/mol. The van der Waals surface area contributed by atoms with Crippen molar-refractivity contribution in [3.8, 4) is 5.69 Å². The van der Waals surface area contributed by atoms with Gasteiger partial charge in [-0.05, 0) is 35.4 Å². The van der Waals surface area contributed by atoms with Crippen molar-refractivity contribution in [1.82, 2.24) is 30.2 Å². The van der Waals surface area contributed by atoms with Crippen LogP contribution in [0.15, 0.2) is 36.4 Å². The van der Waals surface area contributed by atoms with Crippen LogP contribution >= 0.6 is 24.8 Å². The van der Waals surface area contributed by atoms with Crippen molar-refractivity contribution in [2.45, 2.75) is 38.0 Å². The van der Waals surface area contributed by atoms with Crippen LogP contribution in [0.25, 0.3) is 5.69 Å². The smallest absolute Gasteiger partial charge is 0.175 e. The third kappa shape index (κ3) is 5.39. The number of para-hydroxylation sites is 1. The molecule has 2 heterocycles. The highest BCUT2D eigenvalue weighted by molar-refractivity contribution is 5.85. The highest BCUT2D eigenvalue weighted by Crippen LogP contribution is 2.35. The zero-order valence-electron chi connectivity index (χ0n) is 15.9. The minimum absolute atomic E-state index is 0. The number of aromatic nitrogens is 6. The second-order valence-electron chi connectivity index (χ2n) is 6.65. The summed E-state index contributed by atoms with van der Waals surface area (Å²) in [6, 6.07) is 12.0. The van der Waals surface area contributed by atoms with E-state index in [4.69, 9.17) is 10.5 Å². The molecule has 0 saturated heterocycles. The van der Waals surface area contributed by atoms with E-state index in [0.29, 0.717) is 30.7 Å². The first-order chi connectivity index (χ1) is 13.2. The molecule has 156 valence electrons. The van der Waals surface area contributed by atoms with Crippen LogP contribution in [0.5, 0.6) is 0 Å². The first kappa shape index (κ1) is 23.0. The Hall–Kier alpha value is -2.33. The maximum absolute atomic E-state index is 5.93. The van der Waals surface area contributed by atoms with Crippen molar-refractivity contribution in [3.05, 3.63) is 53.7 Å². The van der Waals surface area contributed by atoms with E-state index >= 15 is 0 Å². The lowest BCUT2D eigenvalue weighted by molar-refractivity contribution is 0.177. The van der Waals surface area contributed by atoms with E-state index in [9.17, 15) is 0 Å². The largest absolute Gasteiger partial charge is 0.377 e. The van der Waals surface area contributed by atoms with E-state index in [0.717, 1.165) is 30.0 Å². The van der Waals surface area contributed by atoms with Crippen LogP contribution in [0.4, 0.5) is 5.82 Å². The fraction of sp³-hybridized carbons (Fsp3) is 0.389. The Morgan fingerprint density at radius 3 is 2.62 bits per heavy atom. The van der Waals surface area contributed by atoms with E-state index < -0.39 is 0 Å². The number of rotatable bonds is 7. The number of tetrazole rings is 1. The summed E-state index contributed by atoms with van der Waals surface area (Å²) in [5, 5.41) is 15.3. The summed E-state index contributed by atoms with van der Waals surface area (Å²) in [6.45, 7) is 0.804. The highest BCUT2D eigenvalue weighted by Gasteiger charge is 2.29. The lowest BCUT2D eigenvalue weighted by atomic mass is 9.78. The molecule has 4 rings (SSSR count). The lowest BCUT2D eigenvalue weighted by Crippen LogP contribution is -2.35. The molecule has 3 aromatic rings. The van der Waals surface area contributed by atoms with Gasteiger partial charge < -0.3 is 15.8 Å². The van der Waals surface area contributed by atoms with Crippen molar-refractivity contribution in [3.63, 3.8) is 0 Å². The zero-order valence-corrected chi connectivity index (χ0v) is 17.6. The second kappa shape index (κ2) is 10.4. The van der Waals surface area contributed by atoms with E-state index in [1.807, 2.05) is 36.4 Å². The summed E-state index contributed by atoms with van der Waals surface area (Å²) >= 11 is 0. The third-order valence-electron chi connectivity index (χ3n) is 4.62.